The molecule has 4 rings (SSSR count). The molecule has 1 aromatic rings. The maximum absolute atomic E-state index is 13.2. The number of rotatable bonds is 4. The van der Waals surface area contributed by atoms with Gasteiger partial charge in [0.2, 0.25) is 11.8 Å². The van der Waals surface area contributed by atoms with Crippen LogP contribution < -0.4 is 0 Å². The van der Waals surface area contributed by atoms with Crippen LogP contribution in [0.4, 0.5) is 0 Å². The summed E-state index contributed by atoms with van der Waals surface area (Å²) in [5.74, 6) is 0.373. The van der Waals surface area contributed by atoms with Crippen LogP contribution in [0.15, 0.2) is 18.6 Å². The lowest BCUT2D eigenvalue weighted by Gasteiger charge is -2.31. The van der Waals surface area contributed by atoms with Crippen LogP contribution in [0.25, 0.3) is 0 Å². The van der Waals surface area contributed by atoms with Crippen LogP contribution in [-0.2, 0) is 9.59 Å². The molecule has 3 amide bonds. The number of nitrogens with zero attached hydrogens (tertiary/aromatic N) is 5. The van der Waals surface area contributed by atoms with E-state index in [0.717, 1.165) is 12.8 Å². The van der Waals surface area contributed by atoms with Gasteiger partial charge >= 0.3 is 0 Å². The van der Waals surface area contributed by atoms with Gasteiger partial charge in [-0.1, -0.05) is 19.3 Å². The van der Waals surface area contributed by atoms with Gasteiger partial charge in [0.15, 0.2) is 0 Å². The van der Waals surface area contributed by atoms with E-state index in [4.69, 9.17) is 0 Å². The second-order valence-corrected chi connectivity index (χ2v) is 9.31. The summed E-state index contributed by atoms with van der Waals surface area (Å²) in [6.45, 7) is 1.71. The molecule has 3 fully saturated rings. The van der Waals surface area contributed by atoms with E-state index in [1.54, 1.807) is 23.9 Å². The Bertz CT molecular complexity index is 808. The van der Waals surface area contributed by atoms with Crippen molar-refractivity contribution in [1.82, 2.24) is 24.7 Å². The molecule has 3 aliphatic rings. The molecule has 0 bridgehead atoms. The van der Waals surface area contributed by atoms with Gasteiger partial charge in [0.05, 0.1) is 11.6 Å². The SMILES string of the molecule is CN(C)C(=O)[C@@]12CN(C(=O)CC3CCCCC3)C[C@@H]1CN(C(=O)c1cnccn1)C2. The fraction of sp³-hybridized carbons (Fsp3) is 0.682. The van der Waals surface area contributed by atoms with Crippen LogP contribution in [-0.4, -0.2) is 82.7 Å². The third kappa shape index (κ3) is 3.79. The largest absolute Gasteiger partial charge is 0.348 e. The van der Waals surface area contributed by atoms with E-state index >= 15 is 0 Å². The topological polar surface area (TPSA) is 86.7 Å². The Morgan fingerprint density at radius 3 is 2.43 bits per heavy atom. The third-order valence-corrected chi connectivity index (χ3v) is 7.05. The second-order valence-electron chi connectivity index (χ2n) is 9.31. The molecule has 30 heavy (non-hydrogen) atoms. The van der Waals surface area contributed by atoms with Gasteiger partial charge in [-0.25, -0.2) is 4.98 Å². The van der Waals surface area contributed by atoms with E-state index in [-0.39, 0.29) is 29.3 Å². The summed E-state index contributed by atoms with van der Waals surface area (Å²) in [5.41, 5.74) is -0.445. The molecule has 8 nitrogen and oxygen atoms in total. The smallest absolute Gasteiger partial charge is 0.274 e. The molecule has 2 atom stereocenters. The Balaban J connectivity index is 1.49. The number of fused-ring (bicyclic) bond motifs is 1. The van der Waals surface area contributed by atoms with Crippen molar-refractivity contribution in [3.05, 3.63) is 24.3 Å². The second kappa shape index (κ2) is 8.32. The third-order valence-electron chi connectivity index (χ3n) is 7.05. The molecule has 0 N–H and O–H groups in total. The van der Waals surface area contributed by atoms with Gasteiger partial charge in [-0.05, 0) is 18.8 Å². The van der Waals surface area contributed by atoms with Gasteiger partial charge < -0.3 is 14.7 Å². The van der Waals surface area contributed by atoms with Gasteiger partial charge in [-0.2, -0.15) is 0 Å². The molecule has 2 saturated heterocycles. The minimum atomic E-state index is -0.733. The van der Waals surface area contributed by atoms with E-state index in [1.165, 1.54) is 37.9 Å². The van der Waals surface area contributed by atoms with Gasteiger partial charge in [0.1, 0.15) is 5.69 Å². The van der Waals surface area contributed by atoms with Crippen molar-refractivity contribution >= 4 is 17.7 Å². The van der Waals surface area contributed by atoms with Crippen LogP contribution in [0, 0.1) is 17.3 Å². The van der Waals surface area contributed by atoms with Crippen molar-refractivity contribution in [1.29, 1.82) is 0 Å². The maximum atomic E-state index is 13.2. The van der Waals surface area contributed by atoms with Crippen LogP contribution in [0.5, 0.6) is 0 Å². The lowest BCUT2D eigenvalue weighted by atomic mass is 9.79. The number of hydrogen-bond donors (Lipinski definition) is 0. The Kier molecular flexibility index (Phi) is 5.75. The number of aromatic nitrogens is 2. The summed E-state index contributed by atoms with van der Waals surface area (Å²) < 4.78 is 0. The Morgan fingerprint density at radius 1 is 1.07 bits per heavy atom. The number of hydrogen-bond acceptors (Lipinski definition) is 5. The van der Waals surface area contributed by atoms with E-state index in [0.29, 0.717) is 38.5 Å². The summed E-state index contributed by atoms with van der Waals surface area (Å²) in [4.78, 5) is 52.4. The van der Waals surface area contributed by atoms with Crippen molar-refractivity contribution in [2.45, 2.75) is 38.5 Å². The van der Waals surface area contributed by atoms with Crippen LogP contribution >= 0.6 is 0 Å². The highest BCUT2D eigenvalue weighted by atomic mass is 16.2. The van der Waals surface area contributed by atoms with Crippen LogP contribution in [0.2, 0.25) is 0 Å². The molecular formula is C22H31N5O3. The van der Waals surface area contributed by atoms with Gasteiger partial charge in [0, 0.05) is 65.0 Å². The summed E-state index contributed by atoms with van der Waals surface area (Å²) in [5, 5.41) is 0. The highest BCUT2D eigenvalue weighted by Crippen LogP contribution is 2.44. The predicted octanol–water partition coefficient (Wildman–Crippen LogP) is 1.44. The summed E-state index contributed by atoms with van der Waals surface area (Å²) in [7, 11) is 3.49. The number of likely N-dealkylation sites (tertiary alicyclic amines) is 2. The fourth-order valence-electron chi connectivity index (χ4n) is 5.50. The molecule has 0 radical (unpaired) electrons. The first kappa shape index (κ1) is 20.8. The first-order chi connectivity index (χ1) is 14.4. The lowest BCUT2D eigenvalue weighted by Crippen LogP contribution is -2.48. The van der Waals surface area contributed by atoms with Gasteiger partial charge in [0.25, 0.3) is 5.91 Å². The molecule has 2 aliphatic heterocycles. The first-order valence-electron chi connectivity index (χ1n) is 11.0. The Hall–Kier alpha value is -2.51. The number of carbonyl (C=O) groups is 3. The zero-order chi connectivity index (χ0) is 21.3. The average molecular weight is 414 g/mol. The molecule has 0 aromatic carbocycles. The molecule has 0 spiro atoms. The summed E-state index contributed by atoms with van der Waals surface area (Å²) >= 11 is 0. The van der Waals surface area contributed by atoms with E-state index < -0.39 is 5.41 Å². The standard InChI is InChI=1S/C22H31N5O3/c1-25(2)21(30)22-14-26(19(28)10-16-6-4-3-5-7-16)12-17(22)13-27(15-22)20(29)18-11-23-8-9-24-18/h8-9,11,16-17H,3-7,10,12-15H2,1-2H3/t17-,22-/m1/s1. The zero-order valence-corrected chi connectivity index (χ0v) is 17.9. The van der Waals surface area contributed by atoms with E-state index in [2.05, 4.69) is 9.97 Å². The minimum absolute atomic E-state index is 0.00471. The quantitative estimate of drug-likeness (QED) is 0.745. The van der Waals surface area contributed by atoms with Crippen molar-refractivity contribution in [2.75, 3.05) is 40.3 Å². The van der Waals surface area contributed by atoms with Crippen molar-refractivity contribution in [3.63, 3.8) is 0 Å². The monoisotopic (exact) mass is 413 g/mol. The summed E-state index contributed by atoms with van der Waals surface area (Å²) in [6, 6.07) is 0. The molecule has 1 aromatic heterocycles. The normalized spacial score (nSPS) is 26.5. The molecule has 1 aliphatic carbocycles. The number of carbonyl (C=O) groups excluding carboxylic acids is 3. The zero-order valence-electron chi connectivity index (χ0n) is 17.9. The first-order valence-corrected chi connectivity index (χ1v) is 11.0. The highest BCUT2D eigenvalue weighted by Gasteiger charge is 2.59. The highest BCUT2D eigenvalue weighted by molar-refractivity contribution is 5.94. The van der Waals surface area contributed by atoms with E-state index in [1.807, 2.05) is 4.90 Å². The summed E-state index contributed by atoms with van der Waals surface area (Å²) in [6.07, 6.45) is 11.0. The average Bonchev–Trinajstić information content (AvgIpc) is 3.29. The Morgan fingerprint density at radius 2 is 1.77 bits per heavy atom. The lowest BCUT2D eigenvalue weighted by molar-refractivity contribution is -0.140. The molecule has 1 saturated carbocycles. The minimum Gasteiger partial charge on any atom is -0.348 e. The molecular weight excluding hydrogens is 382 g/mol. The van der Waals surface area contributed by atoms with Crippen molar-refractivity contribution in [2.24, 2.45) is 17.3 Å². The molecule has 0 unspecified atom stereocenters. The molecule has 162 valence electrons. The fourth-order valence-corrected chi connectivity index (χ4v) is 5.50. The number of amides is 3. The van der Waals surface area contributed by atoms with Crippen LogP contribution in [0.3, 0.4) is 0 Å². The molecule has 8 heteroatoms. The van der Waals surface area contributed by atoms with Gasteiger partial charge in [-0.3, -0.25) is 19.4 Å². The molecule has 3 heterocycles. The van der Waals surface area contributed by atoms with Crippen molar-refractivity contribution in [3.8, 4) is 0 Å². The maximum Gasteiger partial charge on any atom is 0.274 e. The van der Waals surface area contributed by atoms with Crippen LogP contribution in [0.1, 0.15) is 49.0 Å². The van der Waals surface area contributed by atoms with E-state index in [9.17, 15) is 14.4 Å². The Labute approximate surface area is 177 Å². The van der Waals surface area contributed by atoms with Gasteiger partial charge in [-0.15, -0.1) is 0 Å². The predicted molar refractivity (Wildman–Crippen MR) is 110 cm³/mol. The van der Waals surface area contributed by atoms with Crippen molar-refractivity contribution < 1.29 is 14.4 Å².